The number of benzene rings is 7. The van der Waals surface area contributed by atoms with E-state index in [0.717, 1.165) is 105 Å². The zero-order valence-electron chi connectivity index (χ0n) is 29.6. The van der Waals surface area contributed by atoms with Crippen LogP contribution in [0.5, 0.6) is 0 Å². The van der Waals surface area contributed by atoms with Crippen LogP contribution in [0, 0.1) is 0 Å². The fourth-order valence-electron chi connectivity index (χ4n) is 7.97. The van der Waals surface area contributed by atoms with E-state index in [1.165, 1.54) is 0 Å². The number of pyridine rings is 3. The molecule has 0 radical (unpaired) electrons. The van der Waals surface area contributed by atoms with Crippen molar-refractivity contribution < 1.29 is 0 Å². The van der Waals surface area contributed by atoms with Gasteiger partial charge in [0.2, 0.25) is 0 Å². The van der Waals surface area contributed by atoms with Crippen molar-refractivity contribution in [3.8, 4) is 50.7 Å². The minimum atomic E-state index is 0.897. The number of imidazole rings is 1. The Balaban J connectivity index is 1.06. The first-order valence-electron chi connectivity index (χ1n) is 18.5. The van der Waals surface area contributed by atoms with Crippen molar-refractivity contribution in [1.82, 2.24) is 24.5 Å². The van der Waals surface area contributed by atoms with Crippen molar-refractivity contribution in [2.45, 2.75) is 0 Å². The zero-order chi connectivity index (χ0) is 36.3. The minimum absolute atomic E-state index is 0.897. The number of hydrogen-bond acceptors (Lipinski definition) is 4. The molecule has 4 heterocycles. The van der Waals surface area contributed by atoms with Gasteiger partial charge in [0, 0.05) is 50.1 Å². The molecule has 256 valence electrons. The number of hydrogen-bond donors (Lipinski definition) is 0. The summed E-state index contributed by atoms with van der Waals surface area (Å²) in [5, 5.41) is 5.45. The van der Waals surface area contributed by atoms with E-state index in [1.807, 2.05) is 24.4 Å². The van der Waals surface area contributed by atoms with Crippen LogP contribution in [0.2, 0.25) is 0 Å². The fraction of sp³-hybridized carbons (Fsp3) is 0. The van der Waals surface area contributed by atoms with Crippen molar-refractivity contribution in [1.29, 1.82) is 0 Å². The molecular weight excluding hydrogens is 671 g/mol. The van der Waals surface area contributed by atoms with Gasteiger partial charge in [0.05, 0.1) is 39.0 Å². The van der Waals surface area contributed by atoms with Gasteiger partial charge in [0.15, 0.2) is 0 Å². The topological polar surface area (TPSA) is 56.5 Å². The standard InChI is InChI=1S/C50H31N5/c1-3-11-36(12-4-1)50-54-49-44(55(50)39-16-5-2-6-17-39)29-27-41-40-18-7-8-19-43(40)53-46(45(41)49)34-22-20-32(21-23-34)37-13-9-14-38(31-37)42-28-26-35-25-24-33-15-10-30-51-47(33)48(35)52-42/h1-31H. The van der Waals surface area contributed by atoms with Crippen LogP contribution in [0.25, 0.3) is 105 Å². The van der Waals surface area contributed by atoms with E-state index >= 15 is 0 Å². The van der Waals surface area contributed by atoms with Crippen LogP contribution in [0.1, 0.15) is 0 Å². The Hall–Kier alpha value is -7.50. The molecule has 0 aliphatic heterocycles. The summed E-state index contributed by atoms with van der Waals surface area (Å²) >= 11 is 0. The maximum Gasteiger partial charge on any atom is 0.145 e. The number of para-hydroxylation sites is 2. The van der Waals surface area contributed by atoms with Gasteiger partial charge in [0.1, 0.15) is 5.82 Å². The highest BCUT2D eigenvalue weighted by atomic mass is 15.1. The summed E-state index contributed by atoms with van der Waals surface area (Å²) in [6, 6.07) is 63.6. The van der Waals surface area contributed by atoms with Crippen LogP contribution in [-0.4, -0.2) is 24.5 Å². The lowest BCUT2D eigenvalue weighted by molar-refractivity contribution is 1.10. The van der Waals surface area contributed by atoms with E-state index in [9.17, 15) is 0 Å². The van der Waals surface area contributed by atoms with Crippen molar-refractivity contribution in [3.05, 3.63) is 188 Å². The molecule has 11 aromatic rings. The highest BCUT2D eigenvalue weighted by Gasteiger charge is 2.21. The molecule has 0 atom stereocenters. The average Bonchev–Trinajstić information content (AvgIpc) is 3.67. The van der Waals surface area contributed by atoms with Crippen LogP contribution < -0.4 is 0 Å². The molecule has 0 unspecified atom stereocenters. The van der Waals surface area contributed by atoms with E-state index < -0.39 is 0 Å². The van der Waals surface area contributed by atoms with E-state index in [2.05, 4.69) is 173 Å². The average molecular weight is 702 g/mol. The molecule has 0 bridgehead atoms. The lowest BCUT2D eigenvalue weighted by Crippen LogP contribution is -1.97. The second-order valence-corrected chi connectivity index (χ2v) is 13.9. The monoisotopic (exact) mass is 701 g/mol. The number of fused-ring (bicyclic) bond motifs is 8. The van der Waals surface area contributed by atoms with E-state index in [-0.39, 0.29) is 0 Å². The Morgan fingerprint density at radius 2 is 1.11 bits per heavy atom. The number of aromatic nitrogens is 5. The van der Waals surface area contributed by atoms with Gasteiger partial charge in [-0.15, -0.1) is 0 Å². The Bertz CT molecular complexity index is 3240. The summed E-state index contributed by atoms with van der Waals surface area (Å²) in [7, 11) is 0. The SMILES string of the molecule is c1ccc(-c2nc3c4c(-c5ccc(-c6cccc(-c7ccc8ccc9cccnc9c8n7)c6)cc5)nc5ccccc5c4ccc3n2-c2ccccc2)cc1. The largest absolute Gasteiger partial charge is 0.292 e. The molecule has 0 N–H and O–H groups in total. The summed E-state index contributed by atoms with van der Waals surface area (Å²) in [6.45, 7) is 0. The van der Waals surface area contributed by atoms with Gasteiger partial charge < -0.3 is 0 Å². The van der Waals surface area contributed by atoms with E-state index in [4.69, 9.17) is 15.0 Å². The van der Waals surface area contributed by atoms with Gasteiger partial charge in [-0.3, -0.25) is 9.55 Å². The predicted octanol–water partition coefficient (Wildman–Crippen LogP) is 12.5. The van der Waals surface area contributed by atoms with Crippen LogP contribution in [-0.2, 0) is 0 Å². The quantitative estimate of drug-likeness (QED) is 0.168. The maximum atomic E-state index is 5.43. The smallest absolute Gasteiger partial charge is 0.145 e. The molecule has 0 aliphatic carbocycles. The van der Waals surface area contributed by atoms with Crippen LogP contribution >= 0.6 is 0 Å². The van der Waals surface area contributed by atoms with Gasteiger partial charge in [0.25, 0.3) is 0 Å². The van der Waals surface area contributed by atoms with Crippen molar-refractivity contribution in [3.63, 3.8) is 0 Å². The molecule has 0 saturated heterocycles. The summed E-state index contributed by atoms with van der Waals surface area (Å²) < 4.78 is 2.27. The Morgan fingerprint density at radius 3 is 1.96 bits per heavy atom. The van der Waals surface area contributed by atoms with Gasteiger partial charge in [-0.1, -0.05) is 140 Å². The first kappa shape index (κ1) is 31.1. The molecule has 0 amide bonds. The Labute approximate surface area is 316 Å². The molecule has 0 saturated carbocycles. The third kappa shape index (κ3) is 5.17. The minimum Gasteiger partial charge on any atom is -0.292 e. The molecule has 0 spiro atoms. The van der Waals surface area contributed by atoms with Crippen molar-refractivity contribution in [2.24, 2.45) is 0 Å². The third-order valence-corrected chi connectivity index (χ3v) is 10.6. The lowest BCUT2D eigenvalue weighted by Gasteiger charge is -2.13. The van der Waals surface area contributed by atoms with Crippen molar-refractivity contribution >= 4 is 54.5 Å². The van der Waals surface area contributed by atoms with Crippen molar-refractivity contribution in [2.75, 3.05) is 0 Å². The maximum absolute atomic E-state index is 5.43. The summed E-state index contributed by atoms with van der Waals surface area (Å²) in [4.78, 5) is 20.5. The van der Waals surface area contributed by atoms with E-state index in [1.54, 1.807) is 0 Å². The van der Waals surface area contributed by atoms with Gasteiger partial charge in [-0.05, 0) is 59.0 Å². The van der Waals surface area contributed by atoms with Crippen LogP contribution in [0.3, 0.4) is 0 Å². The summed E-state index contributed by atoms with van der Waals surface area (Å²) in [5.41, 5.74) is 13.0. The van der Waals surface area contributed by atoms with Gasteiger partial charge in [-0.25, -0.2) is 15.0 Å². The van der Waals surface area contributed by atoms with Crippen LogP contribution in [0.15, 0.2) is 188 Å². The van der Waals surface area contributed by atoms with E-state index in [0.29, 0.717) is 0 Å². The molecule has 4 aromatic heterocycles. The second-order valence-electron chi connectivity index (χ2n) is 13.9. The van der Waals surface area contributed by atoms with Crippen LogP contribution in [0.4, 0.5) is 0 Å². The summed E-state index contributed by atoms with van der Waals surface area (Å²) in [5.74, 6) is 0.897. The normalized spacial score (nSPS) is 11.6. The molecular formula is C50H31N5. The molecule has 55 heavy (non-hydrogen) atoms. The molecule has 5 nitrogen and oxygen atoms in total. The molecule has 5 heteroatoms. The number of rotatable bonds is 5. The molecule has 0 fully saturated rings. The predicted molar refractivity (Wildman–Crippen MR) is 226 cm³/mol. The first-order chi connectivity index (χ1) is 27.3. The summed E-state index contributed by atoms with van der Waals surface area (Å²) in [6.07, 6.45) is 1.83. The third-order valence-electron chi connectivity index (χ3n) is 10.6. The fourth-order valence-corrected chi connectivity index (χ4v) is 7.97. The first-order valence-corrected chi connectivity index (χ1v) is 18.5. The Kier molecular flexibility index (Phi) is 7.10. The Morgan fingerprint density at radius 1 is 0.400 bits per heavy atom. The zero-order valence-corrected chi connectivity index (χ0v) is 29.6. The van der Waals surface area contributed by atoms with Gasteiger partial charge in [-0.2, -0.15) is 0 Å². The highest BCUT2D eigenvalue weighted by Crippen LogP contribution is 2.40. The number of nitrogens with zero attached hydrogens (tertiary/aromatic N) is 5. The van der Waals surface area contributed by atoms with Gasteiger partial charge >= 0.3 is 0 Å². The second kappa shape index (κ2) is 12.6. The molecule has 0 aliphatic rings. The molecule has 11 rings (SSSR count). The lowest BCUT2D eigenvalue weighted by atomic mass is 9.96. The highest BCUT2D eigenvalue weighted by molar-refractivity contribution is 6.20. The molecule has 7 aromatic carbocycles.